The lowest BCUT2D eigenvalue weighted by molar-refractivity contribution is 0.201. The SMILES string of the molecule is CC(Cn1cnc2c(N)nc3c(c21)CCCC3)Oc1ccc(-n2ccnc2)cc1. The van der Waals surface area contributed by atoms with Crippen LogP contribution in [0.25, 0.3) is 16.7 Å². The molecule has 2 N–H and O–H groups in total. The van der Waals surface area contributed by atoms with E-state index in [1.54, 1.807) is 12.5 Å². The average Bonchev–Trinajstić information content (AvgIpc) is 3.40. The standard InChI is InChI=1S/C22H24N6O/c1-15(29-17-8-6-16(7-9-17)27-11-10-24-13-27)12-28-14-25-20-21(28)18-4-2-3-5-19(18)26-22(20)23/h6-11,13-15H,2-5,12H2,1H3,(H2,23,26). The summed E-state index contributed by atoms with van der Waals surface area (Å²) in [7, 11) is 0. The van der Waals surface area contributed by atoms with Crippen LogP contribution in [0.5, 0.6) is 5.75 Å². The Morgan fingerprint density at radius 3 is 2.76 bits per heavy atom. The predicted octanol–water partition coefficient (Wildman–Crippen LogP) is 3.55. The second-order valence-electron chi connectivity index (χ2n) is 7.62. The lowest BCUT2D eigenvalue weighted by Crippen LogP contribution is -2.20. The smallest absolute Gasteiger partial charge is 0.151 e. The number of benzene rings is 1. The minimum atomic E-state index is -0.0138. The Labute approximate surface area is 169 Å². The second kappa shape index (κ2) is 7.24. The van der Waals surface area contributed by atoms with Crippen LogP contribution in [0, 0.1) is 0 Å². The zero-order valence-electron chi connectivity index (χ0n) is 16.5. The van der Waals surface area contributed by atoms with E-state index in [0.29, 0.717) is 12.4 Å². The van der Waals surface area contributed by atoms with Crippen molar-refractivity contribution < 1.29 is 4.74 Å². The van der Waals surface area contributed by atoms with Crippen LogP contribution in [-0.4, -0.2) is 30.2 Å². The third kappa shape index (κ3) is 3.33. The summed E-state index contributed by atoms with van der Waals surface area (Å²) >= 11 is 0. The lowest BCUT2D eigenvalue weighted by atomic mass is 9.95. The van der Waals surface area contributed by atoms with Gasteiger partial charge in [0.2, 0.25) is 0 Å². The normalized spacial score (nSPS) is 14.7. The van der Waals surface area contributed by atoms with Crippen molar-refractivity contribution in [3.05, 3.63) is 60.6 Å². The molecule has 4 aromatic rings. The molecule has 0 bridgehead atoms. The molecule has 1 aliphatic carbocycles. The van der Waals surface area contributed by atoms with Crippen molar-refractivity contribution in [2.75, 3.05) is 5.73 Å². The van der Waals surface area contributed by atoms with Gasteiger partial charge in [-0.05, 0) is 62.4 Å². The number of nitrogens with two attached hydrogens (primary N) is 1. The van der Waals surface area contributed by atoms with Crippen LogP contribution >= 0.6 is 0 Å². The third-order valence-corrected chi connectivity index (χ3v) is 5.49. The van der Waals surface area contributed by atoms with Crippen LogP contribution in [0.15, 0.2) is 49.3 Å². The average molecular weight is 388 g/mol. The van der Waals surface area contributed by atoms with Crippen LogP contribution in [0.2, 0.25) is 0 Å². The summed E-state index contributed by atoms with van der Waals surface area (Å²) in [6.07, 6.45) is 11.7. The first-order chi connectivity index (χ1) is 14.2. The van der Waals surface area contributed by atoms with Gasteiger partial charge in [-0.25, -0.2) is 15.0 Å². The molecule has 3 aromatic heterocycles. The summed E-state index contributed by atoms with van der Waals surface area (Å²) in [4.78, 5) is 13.2. The van der Waals surface area contributed by atoms with Crippen LogP contribution in [0.1, 0.15) is 31.0 Å². The number of rotatable bonds is 5. The van der Waals surface area contributed by atoms with E-state index in [-0.39, 0.29) is 6.10 Å². The van der Waals surface area contributed by atoms with E-state index in [0.717, 1.165) is 41.0 Å². The van der Waals surface area contributed by atoms with Crippen LogP contribution in [0.3, 0.4) is 0 Å². The van der Waals surface area contributed by atoms with E-state index in [2.05, 4.69) is 26.4 Å². The van der Waals surface area contributed by atoms with Gasteiger partial charge in [-0.15, -0.1) is 0 Å². The number of hydrogen-bond donors (Lipinski definition) is 1. The van der Waals surface area contributed by atoms with E-state index < -0.39 is 0 Å². The Kier molecular flexibility index (Phi) is 4.42. The number of aromatic nitrogens is 5. The summed E-state index contributed by atoms with van der Waals surface area (Å²) < 4.78 is 10.3. The van der Waals surface area contributed by atoms with E-state index in [1.165, 1.54) is 18.4 Å². The maximum atomic E-state index is 6.18. The van der Waals surface area contributed by atoms with Gasteiger partial charge in [0.05, 0.1) is 24.7 Å². The van der Waals surface area contributed by atoms with Gasteiger partial charge in [-0.1, -0.05) is 0 Å². The minimum absolute atomic E-state index is 0.0138. The predicted molar refractivity (Wildman–Crippen MR) is 112 cm³/mol. The number of anilines is 1. The maximum Gasteiger partial charge on any atom is 0.151 e. The Hall–Kier alpha value is -3.35. The monoisotopic (exact) mass is 388 g/mol. The van der Waals surface area contributed by atoms with E-state index in [1.807, 2.05) is 41.4 Å². The number of imidazole rings is 2. The van der Waals surface area contributed by atoms with Gasteiger partial charge in [0, 0.05) is 23.8 Å². The molecule has 7 heteroatoms. The fraction of sp³-hybridized carbons (Fsp3) is 0.318. The molecular weight excluding hydrogens is 364 g/mol. The quantitative estimate of drug-likeness (QED) is 0.565. The molecule has 1 atom stereocenters. The largest absolute Gasteiger partial charge is 0.489 e. The molecule has 0 amide bonds. The molecule has 0 fully saturated rings. The fourth-order valence-corrected chi connectivity index (χ4v) is 4.15. The van der Waals surface area contributed by atoms with E-state index in [9.17, 15) is 0 Å². The number of aryl methyl sites for hydroxylation is 2. The van der Waals surface area contributed by atoms with Crippen molar-refractivity contribution in [1.29, 1.82) is 0 Å². The molecule has 1 aliphatic rings. The van der Waals surface area contributed by atoms with Crippen molar-refractivity contribution in [1.82, 2.24) is 24.1 Å². The number of pyridine rings is 1. The van der Waals surface area contributed by atoms with Gasteiger partial charge in [0.25, 0.3) is 0 Å². The van der Waals surface area contributed by atoms with E-state index in [4.69, 9.17) is 10.5 Å². The first-order valence-electron chi connectivity index (χ1n) is 10.1. The molecule has 0 saturated carbocycles. The maximum absolute atomic E-state index is 6.18. The van der Waals surface area contributed by atoms with Crippen molar-refractivity contribution in [3.8, 4) is 11.4 Å². The third-order valence-electron chi connectivity index (χ3n) is 5.49. The second-order valence-corrected chi connectivity index (χ2v) is 7.62. The highest BCUT2D eigenvalue weighted by atomic mass is 16.5. The summed E-state index contributed by atoms with van der Waals surface area (Å²) in [6.45, 7) is 2.78. The molecule has 0 radical (unpaired) electrons. The van der Waals surface area contributed by atoms with Crippen LogP contribution in [-0.2, 0) is 19.4 Å². The number of nitrogen functional groups attached to an aromatic ring is 1. The van der Waals surface area contributed by atoms with Gasteiger partial charge in [0.1, 0.15) is 17.4 Å². The highest BCUT2D eigenvalue weighted by molar-refractivity contribution is 5.88. The van der Waals surface area contributed by atoms with Gasteiger partial charge in [-0.3, -0.25) is 0 Å². The molecule has 0 spiro atoms. The van der Waals surface area contributed by atoms with Crippen molar-refractivity contribution in [3.63, 3.8) is 0 Å². The Bertz CT molecular complexity index is 1130. The molecule has 1 unspecified atom stereocenters. The highest BCUT2D eigenvalue weighted by Crippen LogP contribution is 2.30. The van der Waals surface area contributed by atoms with Gasteiger partial charge >= 0.3 is 0 Å². The highest BCUT2D eigenvalue weighted by Gasteiger charge is 2.20. The zero-order valence-corrected chi connectivity index (χ0v) is 16.5. The molecule has 3 heterocycles. The molecule has 7 nitrogen and oxygen atoms in total. The topological polar surface area (TPSA) is 83.8 Å². The number of ether oxygens (including phenoxy) is 1. The minimum Gasteiger partial charge on any atom is -0.489 e. The van der Waals surface area contributed by atoms with Crippen molar-refractivity contribution in [2.45, 2.75) is 45.3 Å². The van der Waals surface area contributed by atoms with Crippen molar-refractivity contribution in [2.24, 2.45) is 0 Å². The molecule has 148 valence electrons. The molecule has 5 rings (SSSR count). The van der Waals surface area contributed by atoms with E-state index >= 15 is 0 Å². The summed E-state index contributed by atoms with van der Waals surface area (Å²) in [5.41, 5.74) is 11.6. The zero-order chi connectivity index (χ0) is 19.8. The summed E-state index contributed by atoms with van der Waals surface area (Å²) in [5.74, 6) is 1.37. The Morgan fingerprint density at radius 2 is 1.97 bits per heavy atom. The number of nitrogens with zero attached hydrogens (tertiary/aromatic N) is 5. The molecule has 29 heavy (non-hydrogen) atoms. The first kappa shape index (κ1) is 17.7. The van der Waals surface area contributed by atoms with Gasteiger partial charge < -0.3 is 19.6 Å². The molecule has 0 saturated heterocycles. The summed E-state index contributed by atoms with van der Waals surface area (Å²) in [6, 6.07) is 8.03. The van der Waals surface area contributed by atoms with Crippen molar-refractivity contribution >= 4 is 16.9 Å². The lowest BCUT2D eigenvalue weighted by Gasteiger charge is -2.20. The summed E-state index contributed by atoms with van der Waals surface area (Å²) in [5, 5.41) is 0. The molecule has 0 aliphatic heterocycles. The Balaban J connectivity index is 1.36. The number of fused-ring (bicyclic) bond motifs is 3. The fourth-order valence-electron chi connectivity index (χ4n) is 4.15. The Morgan fingerprint density at radius 1 is 1.14 bits per heavy atom. The van der Waals surface area contributed by atoms with Crippen LogP contribution < -0.4 is 10.5 Å². The number of hydrogen-bond acceptors (Lipinski definition) is 5. The van der Waals surface area contributed by atoms with Gasteiger partial charge in [-0.2, -0.15) is 0 Å². The first-order valence-corrected chi connectivity index (χ1v) is 10.1. The molecular formula is C22H24N6O. The molecule has 1 aromatic carbocycles. The van der Waals surface area contributed by atoms with Gasteiger partial charge in [0.15, 0.2) is 5.82 Å². The van der Waals surface area contributed by atoms with Crippen LogP contribution in [0.4, 0.5) is 5.82 Å².